The zero-order valence-electron chi connectivity index (χ0n) is 9.77. The molecule has 2 nitrogen and oxygen atoms in total. The number of benzene rings is 1. The zero-order chi connectivity index (χ0) is 12.9. The van der Waals surface area contributed by atoms with Gasteiger partial charge < -0.3 is 5.11 Å². The van der Waals surface area contributed by atoms with Crippen LogP contribution in [0.15, 0.2) is 29.2 Å². The SMILES string of the molecule is CC(C)(SCCSc1ccccc1F)C(=O)O. The van der Waals surface area contributed by atoms with Gasteiger partial charge in [0.05, 0.1) is 0 Å². The highest BCUT2D eigenvalue weighted by Gasteiger charge is 2.27. The van der Waals surface area contributed by atoms with Crippen molar-refractivity contribution in [2.24, 2.45) is 0 Å². The highest BCUT2D eigenvalue weighted by Crippen LogP contribution is 2.28. The van der Waals surface area contributed by atoms with Gasteiger partial charge in [0, 0.05) is 16.4 Å². The second-order valence-corrected chi connectivity index (χ2v) is 6.80. The molecule has 0 aliphatic carbocycles. The van der Waals surface area contributed by atoms with Gasteiger partial charge in [-0.1, -0.05) is 12.1 Å². The van der Waals surface area contributed by atoms with Gasteiger partial charge in [0.1, 0.15) is 10.6 Å². The minimum absolute atomic E-state index is 0.222. The second-order valence-electron chi connectivity index (χ2n) is 3.94. The minimum atomic E-state index is -0.821. The van der Waals surface area contributed by atoms with Crippen molar-refractivity contribution in [1.82, 2.24) is 0 Å². The van der Waals surface area contributed by atoms with Gasteiger partial charge in [-0.25, -0.2) is 4.39 Å². The van der Waals surface area contributed by atoms with Gasteiger partial charge >= 0.3 is 5.97 Å². The van der Waals surface area contributed by atoms with Crippen LogP contribution in [0.2, 0.25) is 0 Å². The number of hydrogen-bond acceptors (Lipinski definition) is 3. The molecule has 0 aliphatic heterocycles. The quantitative estimate of drug-likeness (QED) is 0.636. The number of halogens is 1. The van der Waals surface area contributed by atoms with Crippen LogP contribution in [0.25, 0.3) is 0 Å². The maximum absolute atomic E-state index is 13.3. The van der Waals surface area contributed by atoms with Crippen LogP contribution < -0.4 is 0 Å². The molecule has 0 saturated carbocycles. The van der Waals surface area contributed by atoms with Gasteiger partial charge in [-0.05, 0) is 26.0 Å². The third kappa shape index (κ3) is 4.60. The Morgan fingerprint density at radius 3 is 2.59 bits per heavy atom. The first-order valence-electron chi connectivity index (χ1n) is 5.18. The lowest BCUT2D eigenvalue weighted by Crippen LogP contribution is -2.27. The third-order valence-corrected chi connectivity index (χ3v) is 4.77. The first-order valence-corrected chi connectivity index (χ1v) is 7.15. The lowest BCUT2D eigenvalue weighted by atomic mass is 10.2. The van der Waals surface area contributed by atoms with E-state index in [0.29, 0.717) is 16.4 Å². The van der Waals surface area contributed by atoms with Gasteiger partial charge in [-0.2, -0.15) is 0 Å². The Morgan fingerprint density at radius 1 is 1.35 bits per heavy atom. The van der Waals surface area contributed by atoms with E-state index in [1.165, 1.54) is 29.6 Å². The number of carboxylic acids is 1. The number of carboxylic acid groups (broad SMARTS) is 1. The van der Waals surface area contributed by atoms with Crippen molar-refractivity contribution < 1.29 is 14.3 Å². The molecule has 1 aromatic rings. The first-order chi connectivity index (χ1) is 7.93. The van der Waals surface area contributed by atoms with Crippen LogP contribution >= 0.6 is 23.5 Å². The van der Waals surface area contributed by atoms with Crippen molar-refractivity contribution in [3.8, 4) is 0 Å². The molecule has 0 saturated heterocycles. The van der Waals surface area contributed by atoms with Gasteiger partial charge in [-0.3, -0.25) is 4.79 Å². The summed E-state index contributed by atoms with van der Waals surface area (Å²) in [7, 11) is 0. The third-order valence-electron chi connectivity index (χ3n) is 2.16. The zero-order valence-corrected chi connectivity index (χ0v) is 11.4. The normalized spacial score (nSPS) is 11.5. The predicted octanol–water partition coefficient (Wildman–Crippen LogP) is 3.51. The molecular formula is C12H15FO2S2. The molecule has 0 aliphatic rings. The summed E-state index contributed by atoms with van der Waals surface area (Å²) in [5, 5.41) is 8.91. The highest BCUT2D eigenvalue weighted by atomic mass is 32.2. The highest BCUT2D eigenvalue weighted by molar-refractivity contribution is 8.04. The molecule has 0 radical (unpaired) electrons. The van der Waals surface area contributed by atoms with E-state index in [-0.39, 0.29) is 5.82 Å². The molecule has 0 aromatic heterocycles. The topological polar surface area (TPSA) is 37.3 Å². The van der Waals surface area contributed by atoms with Gasteiger partial charge in [-0.15, -0.1) is 23.5 Å². The Bertz CT molecular complexity index is 394. The molecule has 1 N–H and O–H groups in total. The number of aliphatic carboxylic acids is 1. The summed E-state index contributed by atoms with van der Waals surface area (Å²) in [5.74, 6) is 0.332. The lowest BCUT2D eigenvalue weighted by molar-refractivity contribution is -0.138. The smallest absolute Gasteiger partial charge is 0.319 e. The van der Waals surface area contributed by atoms with Gasteiger partial charge in [0.2, 0.25) is 0 Å². The fourth-order valence-electron chi connectivity index (χ4n) is 1.07. The molecule has 94 valence electrons. The van der Waals surface area contributed by atoms with Crippen molar-refractivity contribution in [3.63, 3.8) is 0 Å². The van der Waals surface area contributed by atoms with Crippen LogP contribution in [0.5, 0.6) is 0 Å². The molecule has 0 heterocycles. The second kappa shape index (κ2) is 6.31. The van der Waals surface area contributed by atoms with E-state index in [1.54, 1.807) is 32.0 Å². The van der Waals surface area contributed by atoms with Crippen molar-refractivity contribution in [2.45, 2.75) is 23.5 Å². The number of hydrogen-bond donors (Lipinski definition) is 1. The predicted molar refractivity (Wildman–Crippen MR) is 71.3 cm³/mol. The van der Waals surface area contributed by atoms with Crippen molar-refractivity contribution in [1.29, 1.82) is 0 Å². The summed E-state index contributed by atoms with van der Waals surface area (Å²) in [6.07, 6.45) is 0. The van der Waals surface area contributed by atoms with E-state index >= 15 is 0 Å². The summed E-state index contributed by atoms with van der Waals surface area (Å²) in [4.78, 5) is 11.5. The van der Waals surface area contributed by atoms with E-state index in [9.17, 15) is 9.18 Å². The Hall–Kier alpha value is -0.680. The van der Waals surface area contributed by atoms with E-state index in [1.807, 2.05) is 0 Å². The monoisotopic (exact) mass is 274 g/mol. The summed E-state index contributed by atoms with van der Waals surface area (Å²) < 4.78 is 12.5. The van der Waals surface area contributed by atoms with E-state index in [0.717, 1.165) is 0 Å². The molecule has 5 heteroatoms. The molecule has 0 fully saturated rings. The largest absolute Gasteiger partial charge is 0.480 e. The Morgan fingerprint density at radius 2 is 2.00 bits per heavy atom. The Balaban J connectivity index is 2.35. The van der Waals surface area contributed by atoms with E-state index in [4.69, 9.17) is 5.11 Å². The maximum atomic E-state index is 13.3. The van der Waals surface area contributed by atoms with Crippen LogP contribution in [0.3, 0.4) is 0 Å². The Kier molecular flexibility index (Phi) is 5.33. The van der Waals surface area contributed by atoms with Crippen molar-refractivity contribution in [3.05, 3.63) is 30.1 Å². The average molecular weight is 274 g/mol. The Labute approximate surface area is 109 Å². The van der Waals surface area contributed by atoms with Crippen LogP contribution in [0.1, 0.15) is 13.8 Å². The van der Waals surface area contributed by atoms with E-state index in [2.05, 4.69) is 0 Å². The summed E-state index contributed by atoms with van der Waals surface area (Å²) in [5.41, 5.74) is 0. The number of rotatable bonds is 6. The fourth-order valence-corrected chi connectivity index (χ4v) is 2.97. The number of carbonyl (C=O) groups is 1. The standard InChI is InChI=1S/C12H15FO2S2/c1-12(2,11(14)15)17-8-7-16-10-6-4-3-5-9(10)13/h3-6H,7-8H2,1-2H3,(H,14,15). The summed E-state index contributed by atoms with van der Waals surface area (Å²) in [6, 6.07) is 6.60. The minimum Gasteiger partial charge on any atom is -0.480 e. The molecule has 1 aromatic carbocycles. The maximum Gasteiger partial charge on any atom is 0.319 e. The average Bonchev–Trinajstić information content (AvgIpc) is 2.26. The fraction of sp³-hybridized carbons (Fsp3) is 0.417. The molecule has 0 unspecified atom stereocenters. The molecule has 0 amide bonds. The summed E-state index contributed by atoms with van der Waals surface area (Å²) in [6.45, 7) is 3.35. The van der Waals surface area contributed by atoms with Crippen molar-refractivity contribution >= 4 is 29.5 Å². The van der Waals surface area contributed by atoms with E-state index < -0.39 is 10.7 Å². The first kappa shape index (κ1) is 14.4. The van der Waals surface area contributed by atoms with Gasteiger partial charge in [0.25, 0.3) is 0 Å². The summed E-state index contributed by atoms with van der Waals surface area (Å²) >= 11 is 2.78. The molecule has 0 atom stereocenters. The van der Waals surface area contributed by atoms with Crippen LogP contribution in [0.4, 0.5) is 4.39 Å². The number of thioether (sulfide) groups is 2. The van der Waals surface area contributed by atoms with Crippen molar-refractivity contribution in [2.75, 3.05) is 11.5 Å². The van der Waals surface area contributed by atoms with Crippen LogP contribution in [-0.2, 0) is 4.79 Å². The van der Waals surface area contributed by atoms with Gasteiger partial charge in [0.15, 0.2) is 0 Å². The lowest BCUT2D eigenvalue weighted by Gasteiger charge is -2.17. The molecular weight excluding hydrogens is 259 g/mol. The van der Waals surface area contributed by atoms with Crippen LogP contribution in [-0.4, -0.2) is 27.3 Å². The van der Waals surface area contributed by atoms with Crippen LogP contribution in [0, 0.1) is 5.82 Å². The molecule has 0 spiro atoms. The molecule has 1 rings (SSSR count). The molecule has 0 bridgehead atoms. The molecule has 17 heavy (non-hydrogen) atoms.